The Labute approximate surface area is 124 Å². The Balaban J connectivity index is 0.00000200. The van der Waals surface area contributed by atoms with Crippen LogP contribution < -0.4 is 10.5 Å². The molecule has 0 atom stereocenters. The first-order valence-electron chi connectivity index (χ1n) is 6.28. The minimum atomic E-state index is -0.248. The van der Waals surface area contributed by atoms with E-state index in [1.165, 1.54) is 0 Å². The molecule has 0 aliphatic rings. The summed E-state index contributed by atoms with van der Waals surface area (Å²) in [7, 11) is 0. The second kappa shape index (κ2) is 7.60. The van der Waals surface area contributed by atoms with E-state index in [2.05, 4.69) is 0 Å². The largest absolute Gasteiger partial charge is 0.492 e. The van der Waals surface area contributed by atoms with Crippen LogP contribution in [0.25, 0.3) is 10.8 Å². The van der Waals surface area contributed by atoms with Gasteiger partial charge in [0.05, 0.1) is 19.6 Å². The SMILES string of the molecule is CCOC(=O)CCOc1cccc2c(N)cccc12.Cl. The predicted octanol–water partition coefficient (Wildman–Crippen LogP) is 3.18. The zero-order valence-corrected chi connectivity index (χ0v) is 12.1. The number of carbonyl (C=O) groups excluding carboxylic acids is 1. The van der Waals surface area contributed by atoms with Crippen molar-refractivity contribution in [2.24, 2.45) is 0 Å². The lowest BCUT2D eigenvalue weighted by Crippen LogP contribution is -2.09. The fourth-order valence-electron chi connectivity index (χ4n) is 1.91. The van der Waals surface area contributed by atoms with Crippen molar-refractivity contribution in [2.45, 2.75) is 13.3 Å². The first-order valence-corrected chi connectivity index (χ1v) is 6.28. The van der Waals surface area contributed by atoms with Crippen LogP contribution in [0.2, 0.25) is 0 Å². The monoisotopic (exact) mass is 295 g/mol. The molecule has 0 amide bonds. The summed E-state index contributed by atoms with van der Waals surface area (Å²) >= 11 is 0. The van der Waals surface area contributed by atoms with Crippen molar-refractivity contribution < 1.29 is 14.3 Å². The molecule has 0 saturated heterocycles. The number of hydrogen-bond donors (Lipinski definition) is 1. The summed E-state index contributed by atoms with van der Waals surface area (Å²) in [4.78, 5) is 11.2. The normalized spacial score (nSPS) is 9.85. The van der Waals surface area contributed by atoms with E-state index in [9.17, 15) is 4.79 Å². The van der Waals surface area contributed by atoms with Gasteiger partial charge in [0.2, 0.25) is 0 Å². The van der Waals surface area contributed by atoms with E-state index in [-0.39, 0.29) is 24.8 Å². The number of ether oxygens (including phenoxy) is 2. The molecule has 2 aromatic rings. The Bertz CT molecular complexity index is 586. The first-order chi connectivity index (χ1) is 9.22. The molecule has 0 fully saturated rings. The number of benzene rings is 2. The highest BCUT2D eigenvalue weighted by atomic mass is 35.5. The van der Waals surface area contributed by atoms with Crippen LogP contribution in [0, 0.1) is 0 Å². The molecule has 2 aromatic carbocycles. The third-order valence-electron chi connectivity index (χ3n) is 2.78. The summed E-state index contributed by atoms with van der Waals surface area (Å²) in [6.07, 6.45) is 0.243. The number of carbonyl (C=O) groups is 1. The molecule has 108 valence electrons. The van der Waals surface area contributed by atoms with Gasteiger partial charge in [0.25, 0.3) is 0 Å². The minimum Gasteiger partial charge on any atom is -0.492 e. The van der Waals surface area contributed by atoms with Gasteiger partial charge in [-0.25, -0.2) is 0 Å². The molecular formula is C15H18ClNO3. The minimum absolute atomic E-state index is 0. The average molecular weight is 296 g/mol. The molecule has 0 spiro atoms. The Hall–Kier alpha value is -1.94. The van der Waals surface area contributed by atoms with Crippen LogP contribution in [0.5, 0.6) is 5.75 Å². The van der Waals surface area contributed by atoms with Crippen molar-refractivity contribution in [1.82, 2.24) is 0 Å². The lowest BCUT2D eigenvalue weighted by molar-refractivity contribution is -0.143. The lowest BCUT2D eigenvalue weighted by Gasteiger charge is -2.10. The molecule has 0 bridgehead atoms. The van der Waals surface area contributed by atoms with Crippen molar-refractivity contribution in [2.75, 3.05) is 18.9 Å². The molecule has 0 aromatic heterocycles. The molecule has 0 radical (unpaired) electrons. The Morgan fingerprint density at radius 1 is 1.15 bits per heavy atom. The molecule has 4 nitrogen and oxygen atoms in total. The van der Waals surface area contributed by atoms with E-state index in [1.807, 2.05) is 36.4 Å². The van der Waals surface area contributed by atoms with Gasteiger partial charge in [0, 0.05) is 16.5 Å². The highest BCUT2D eigenvalue weighted by Crippen LogP contribution is 2.29. The molecular weight excluding hydrogens is 278 g/mol. The maximum Gasteiger partial charge on any atom is 0.309 e. The van der Waals surface area contributed by atoms with Gasteiger partial charge >= 0.3 is 5.97 Å². The Morgan fingerprint density at radius 2 is 1.85 bits per heavy atom. The van der Waals surface area contributed by atoms with Gasteiger partial charge in [-0.3, -0.25) is 4.79 Å². The smallest absolute Gasteiger partial charge is 0.309 e. The summed E-state index contributed by atoms with van der Waals surface area (Å²) in [5.41, 5.74) is 6.63. The summed E-state index contributed by atoms with van der Waals surface area (Å²) in [6.45, 7) is 2.47. The third kappa shape index (κ3) is 3.78. The number of rotatable bonds is 5. The molecule has 0 aliphatic heterocycles. The van der Waals surface area contributed by atoms with E-state index >= 15 is 0 Å². The van der Waals surface area contributed by atoms with Crippen LogP contribution >= 0.6 is 12.4 Å². The second-order valence-corrected chi connectivity index (χ2v) is 4.10. The number of hydrogen-bond acceptors (Lipinski definition) is 4. The van der Waals surface area contributed by atoms with E-state index < -0.39 is 0 Å². The van der Waals surface area contributed by atoms with Crippen LogP contribution in [0.4, 0.5) is 5.69 Å². The topological polar surface area (TPSA) is 61.5 Å². The van der Waals surface area contributed by atoms with Crippen molar-refractivity contribution >= 4 is 34.8 Å². The maximum absolute atomic E-state index is 11.2. The summed E-state index contributed by atoms with van der Waals surface area (Å²) in [5.74, 6) is 0.483. The van der Waals surface area contributed by atoms with E-state index in [0.29, 0.717) is 18.9 Å². The fourth-order valence-corrected chi connectivity index (χ4v) is 1.91. The fraction of sp³-hybridized carbons (Fsp3) is 0.267. The van der Waals surface area contributed by atoms with Gasteiger partial charge in [-0.15, -0.1) is 12.4 Å². The molecule has 20 heavy (non-hydrogen) atoms. The van der Waals surface area contributed by atoms with Crippen LogP contribution in [0.15, 0.2) is 36.4 Å². The van der Waals surface area contributed by atoms with Gasteiger partial charge in [-0.2, -0.15) is 0 Å². The Morgan fingerprint density at radius 3 is 2.60 bits per heavy atom. The predicted molar refractivity (Wildman–Crippen MR) is 82.4 cm³/mol. The highest BCUT2D eigenvalue weighted by Gasteiger charge is 2.06. The van der Waals surface area contributed by atoms with E-state index in [4.69, 9.17) is 15.2 Å². The van der Waals surface area contributed by atoms with E-state index in [0.717, 1.165) is 16.5 Å². The van der Waals surface area contributed by atoms with Gasteiger partial charge in [-0.1, -0.05) is 24.3 Å². The zero-order valence-electron chi connectivity index (χ0n) is 11.3. The van der Waals surface area contributed by atoms with Gasteiger partial charge in [0.1, 0.15) is 5.75 Å². The van der Waals surface area contributed by atoms with Crippen molar-refractivity contribution in [3.05, 3.63) is 36.4 Å². The van der Waals surface area contributed by atoms with Crippen molar-refractivity contribution in [1.29, 1.82) is 0 Å². The molecule has 5 heteroatoms. The number of nitrogens with two attached hydrogens (primary N) is 1. The third-order valence-corrected chi connectivity index (χ3v) is 2.78. The van der Waals surface area contributed by atoms with Crippen molar-refractivity contribution in [3.8, 4) is 5.75 Å². The average Bonchev–Trinajstić information content (AvgIpc) is 2.40. The van der Waals surface area contributed by atoms with Gasteiger partial charge in [-0.05, 0) is 19.1 Å². The number of esters is 1. The Kier molecular flexibility index (Phi) is 6.12. The second-order valence-electron chi connectivity index (χ2n) is 4.10. The number of nitrogen functional groups attached to an aromatic ring is 1. The van der Waals surface area contributed by atoms with Crippen LogP contribution in [-0.2, 0) is 9.53 Å². The van der Waals surface area contributed by atoms with Gasteiger partial charge in [0.15, 0.2) is 0 Å². The molecule has 0 unspecified atom stereocenters. The number of anilines is 1. The quantitative estimate of drug-likeness (QED) is 0.680. The molecule has 0 saturated carbocycles. The summed E-state index contributed by atoms with van der Waals surface area (Å²) < 4.78 is 10.5. The molecule has 0 heterocycles. The van der Waals surface area contributed by atoms with Crippen molar-refractivity contribution in [3.63, 3.8) is 0 Å². The molecule has 2 rings (SSSR count). The van der Waals surface area contributed by atoms with E-state index in [1.54, 1.807) is 6.92 Å². The number of fused-ring (bicyclic) bond motifs is 1. The van der Waals surface area contributed by atoms with Crippen LogP contribution in [0.3, 0.4) is 0 Å². The van der Waals surface area contributed by atoms with Crippen LogP contribution in [0.1, 0.15) is 13.3 Å². The first kappa shape index (κ1) is 16.1. The lowest BCUT2D eigenvalue weighted by atomic mass is 10.1. The highest BCUT2D eigenvalue weighted by molar-refractivity contribution is 5.96. The van der Waals surface area contributed by atoms with Gasteiger partial charge < -0.3 is 15.2 Å². The summed E-state index contributed by atoms with van der Waals surface area (Å²) in [6, 6.07) is 11.4. The molecule has 2 N–H and O–H groups in total. The zero-order chi connectivity index (χ0) is 13.7. The molecule has 0 aliphatic carbocycles. The maximum atomic E-state index is 11.2. The standard InChI is InChI=1S/C15H17NO3.ClH/c1-2-18-15(17)9-10-19-14-8-4-5-11-12(14)6-3-7-13(11)16;/h3-8H,2,9-10,16H2,1H3;1H. The van der Waals surface area contributed by atoms with Crippen LogP contribution in [-0.4, -0.2) is 19.2 Å². The number of halogens is 1. The summed E-state index contributed by atoms with van der Waals surface area (Å²) in [5, 5.41) is 1.91.